The van der Waals surface area contributed by atoms with Crippen molar-refractivity contribution in [3.63, 3.8) is 0 Å². The number of ether oxygens (including phenoxy) is 1. The van der Waals surface area contributed by atoms with E-state index in [9.17, 15) is 0 Å². The van der Waals surface area contributed by atoms with Crippen molar-refractivity contribution in [1.29, 1.82) is 0 Å². The molecule has 1 aliphatic rings. The van der Waals surface area contributed by atoms with Gasteiger partial charge in [-0.05, 0) is 43.5 Å². The molecule has 1 aliphatic heterocycles. The van der Waals surface area contributed by atoms with Crippen molar-refractivity contribution >= 4 is 16.9 Å². The van der Waals surface area contributed by atoms with Crippen molar-refractivity contribution in [2.75, 3.05) is 32.8 Å². The van der Waals surface area contributed by atoms with Crippen LogP contribution in [0.2, 0.25) is 0 Å². The molecule has 3 aromatic rings. The number of H-pyrrole nitrogens is 1. The fraction of sp³-hybridized carbons (Fsp3) is 0.435. The number of aromatic nitrogens is 1. The number of rotatable bonds is 8. The first kappa shape index (κ1) is 19.6. The molecule has 0 saturated carbocycles. The molecular formula is C23H30N4O2. The van der Waals surface area contributed by atoms with Crippen LogP contribution in [0.1, 0.15) is 23.4 Å². The third-order valence-corrected chi connectivity index (χ3v) is 5.47. The van der Waals surface area contributed by atoms with Gasteiger partial charge in [0.15, 0.2) is 5.96 Å². The van der Waals surface area contributed by atoms with E-state index >= 15 is 0 Å². The summed E-state index contributed by atoms with van der Waals surface area (Å²) < 4.78 is 10.9. The molecule has 4 rings (SSSR count). The van der Waals surface area contributed by atoms with Gasteiger partial charge in [0.2, 0.25) is 0 Å². The number of aryl methyl sites for hydroxylation is 1. The highest BCUT2D eigenvalue weighted by molar-refractivity contribution is 5.84. The standard InChI is InChI=1S/C23H30N4O2/c1-17-20(21-6-2-3-7-22(21)27-17)9-12-25-23(26-15-18-10-14-28-16-18)24-11-8-19-5-4-13-29-19/h2-7,13,18,27H,8-12,14-16H2,1H3,(H2,24,25,26). The van der Waals surface area contributed by atoms with Crippen molar-refractivity contribution in [2.45, 2.75) is 26.2 Å². The van der Waals surface area contributed by atoms with E-state index in [1.165, 1.54) is 22.2 Å². The zero-order valence-electron chi connectivity index (χ0n) is 17.0. The first-order valence-electron chi connectivity index (χ1n) is 10.5. The Balaban J connectivity index is 1.34. The van der Waals surface area contributed by atoms with Crippen LogP contribution in [0.3, 0.4) is 0 Å². The summed E-state index contributed by atoms with van der Waals surface area (Å²) in [4.78, 5) is 8.28. The molecule has 1 unspecified atom stereocenters. The molecular weight excluding hydrogens is 364 g/mol. The predicted molar refractivity (Wildman–Crippen MR) is 116 cm³/mol. The minimum Gasteiger partial charge on any atom is -0.469 e. The summed E-state index contributed by atoms with van der Waals surface area (Å²) in [5.74, 6) is 2.37. The van der Waals surface area contributed by atoms with Crippen LogP contribution in [0.5, 0.6) is 0 Å². The Bertz CT molecular complexity index is 924. The Labute approximate surface area is 171 Å². The molecule has 1 aromatic carbocycles. The van der Waals surface area contributed by atoms with Gasteiger partial charge in [-0.1, -0.05) is 18.2 Å². The minimum absolute atomic E-state index is 0.523. The maximum atomic E-state index is 5.48. The smallest absolute Gasteiger partial charge is 0.191 e. The molecule has 1 atom stereocenters. The number of benzene rings is 1. The fourth-order valence-electron chi connectivity index (χ4n) is 3.84. The molecule has 6 nitrogen and oxygen atoms in total. The van der Waals surface area contributed by atoms with Crippen molar-refractivity contribution in [2.24, 2.45) is 10.9 Å². The molecule has 3 heterocycles. The maximum Gasteiger partial charge on any atom is 0.191 e. The monoisotopic (exact) mass is 394 g/mol. The van der Waals surface area contributed by atoms with Gasteiger partial charge in [0, 0.05) is 55.2 Å². The van der Waals surface area contributed by atoms with E-state index in [4.69, 9.17) is 14.1 Å². The first-order chi connectivity index (χ1) is 14.3. The summed E-state index contributed by atoms with van der Waals surface area (Å²) >= 11 is 0. The Morgan fingerprint density at radius 2 is 2.00 bits per heavy atom. The van der Waals surface area contributed by atoms with E-state index in [2.05, 4.69) is 46.8 Å². The molecule has 1 fully saturated rings. The van der Waals surface area contributed by atoms with E-state index in [1.807, 2.05) is 12.1 Å². The van der Waals surface area contributed by atoms with Crippen molar-refractivity contribution in [3.8, 4) is 0 Å². The molecule has 0 radical (unpaired) electrons. The largest absolute Gasteiger partial charge is 0.469 e. The molecule has 0 bridgehead atoms. The molecule has 29 heavy (non-hydrogen) atoms. The predicted octanol–water partition coefficient (Wildman–Crippen LogP) is 3.43. The zero-order valence-corrected chi connectivity index (χ0v) is 17.0. The molecule has 0 spiro atoms. The van der Waals surface area contributed by atoms with Crippen LogP contribution in [0.25, 0.3) is 10.9 Å². The number of nitrogens with zero attached hydrogens (tertiary/aromatic N) is 1. The lowest BCUT2D eigenvalue weighted by Gasteiger charge is -2.13. The normalized spacial score (nSPS) is 17.1. The van der Waals surface area contributed by atoms with Crippen LogP contribution < -0.4 is 10.6 Å². The van der Waals surface area contributed by atoms with Crippen LogP contribution >= 0.6 is 0 Å². The van der Waals surface area contributed by atoms with E-state index < -0.39 is 0 Å². The summed E-state index contributed by atoms with van der Waals surface area (Å²) in [5, 5.41) is 8.26. The van der Waals surface area contributed by atoms with Gasteiger partial charge in [0.1, 0.15) is 5.76 Å². The number of aliphatic imine (C=N–C) groups is 1. The third-order valence-electron chi connectivity index (χ3n) is 5.47. The fourth-order valence-corrected chi connectivity index (χ4v) is 3.84. The molecule has 0 amide bonds. The number of nitrogens with one attached hydrogen (secondary N) is 3. The van der Waals surface area contributed by atoms with Gasteiger partial charge in [-0.25, -0.2) is 0 Å². The third kappa shape index (κ3) is 5.21. The van der Waals surface area contributed by atoms with Gasteiger partial charge in [-0.2, -0.15) is 0 Å². The molecule has 3 N–H and O–H groups in total. The lowest BCUT2D eigenvalue weighted by atomic mass is 10.1. The van der Waals surface area contributed by atoms with Crippen molar-refractivity contribution in [3.05, 3.63) is 59.7 Å². The second-order valence-corrected chi connectivity index (χ2v) is 7.63. The van der Waals surface area contributed by atoms with Crippen LogP contribution in [-0.4, -0.2) is 43.8 Å². The number of furan rings is 1. The maximum absolute atomic E-state index is 5.48. The lowest BCUT2D eigenvalue weighted by Crippen LogP contribution is -2.39. The highest BCUT2D eigenvalue weighted by atomic mass is 16.5. The molecule has 0 aliphatic carbocycles. The average molecular weight is 395 g/mol. The first-order valence-corrected chi connectivity index (χ1v) is 10.5. The Morgan fingerprint density at radius 1 is 1.14 bits per heavy atom. The number of hydrogen-bond donors (Lipinski definition) is 3. The number of para-hydroxylation sites is 1. The Kier molecular flexibility index (Phi) is 6.52. The molecule has 154 valence electrons. The van der Waals surface area contributed by atoms with Crippen LogP contribution in [0.15, 0.2) is 52.1 Å². The van der Waals surface area contributed by atoms with Gasteiger partial charge < -0.3 is 24.8 Å². The van der Waals surface area contributed by atoms with E-state index in [1.54, 1.807) is 6.26 Å². The Morgan fingerprint density at radius 3 is 2.79 bits per heavy atom. The topological polar surface area (TPSA) is 74.6 Å². The summed E-state index contributed by atoms with van der Waals surface area (Å²) in [7, 11) is 0. The summed E-state index contributed by atoms with van der Waals surface area (Å²) in [6.45, 7) is 6.23. The summed E-state index contributed by atoms with van der Waals surface area (Å²) in [6.07, 6.45) is 4.59. The number of guanidine groups is 1. The summed E-state index contributed by atoms with van der Waals surface area (Å²) in [5.41, 5.74) is 3.80. The van der Waals surface area contributed by atoms with E-state index in [0.29, 0.717) is 5.92 Å². The number of hydrogen-bond acceptors (Lipinski definition) is 3. The highest BCUT2D eigenvalue weighted by Gasteiger charge is 2.15. The van der Waals surface area contributed by atoms with E-state index in [-0.39, 0.29) is 0 Å². The lowest BCUT2D eigenvalue weighted by molar-refractivity contribution is 0.187. The van der Waals surface area contributed by atoms with Gasteiger partial charge >= 0.3 is 0 Å². The van der Waals surface area contributed by atoms with Crippen LogP contribution in [0, 0.1) is 12.8 Å². The zero-order chi connectivity index (χ0) is 19.9. The van der Waals surface area contributed by atoms with Crippen molar-refractivity contribution in [1.82, 2.24) is 15.6 Å². The van der Waals surface area contributed by atoms with Gasteiger partial charge in [0.05, 0.1) is 12.9 Å². The van der Waals surface area contributed by atoms with Gasteiger partial charge in [-0.15, -0.1) is 0 Å². The Hall–Kier alpha value is -2.73. The number of fused-ring (bicyclic) bond motifs is 1. The van der Waals surface area contributed by atoms with Gasteiger partial charge in [0.25, 0.3) is 0 Å². The van der Waals surface area contributed by atoms with Gasteiger partial charge in [-0.3, -0.25) is 4.99 Å². The number of aromatic amines is 1. The van der Waals surface area contributed by atoms with Crippen LogP contribution in [0.4, 0.5) is 0 Å². The quantitative estimate of drug-likeness (QED) is 0.404. The minimum atomic E-state index is 0.523. The average Bonchev–Trinajstić information content (AvgIpc) is 3.48. The second-order valence-electron chi connectivity index (χ2n) is 7.63. The van der Waals surface area contributed by atoms with Crippen LogP contribution in [-0.2, 0) is 17.6 Å². The molecule has 2 aromatic heterocycles. The molecule has 6 heteroatoms. The van der Waals surface area contributed by atoms with E-state index in [0.717, 1.165) is 63.8 Å². The highest BCUT2D eigenvalue weighted by Crippen LogP contribution is 2.21. The van der Waals surface area contributed by atoms with Crippen molar-refractivity contribution < 1.29 is 9.15 Å². The molecule has 1 saturated heterocycles. The SMILES string of the molecule is Cc1[nH]c2ccccc2c1CCNC(=NCC1CCOC1)NCCc1ccco1. The summed E-state index contributed by atoms with van der Waals surface area (Å²) in [6, 6.07) is 12.4. The second kappa shape index (κ2) is 9.65.